The normalized spacial score (nSPS) is 23.6. The van der Waals surface area contributed by atoms with Gasteiger partial charge in [-0.1, -0.05) is 64.1 Å². The molecule has 5 rings (SSSR count). The highest BCUT2D eigenvalue weighted by Crippen LogP contribution is 2.51. The van der Waals surface area contributed by atoms with Gasteiger partial charge in [-0.2, -0.15) is 0 Å². The van der Waals surface area contributed by atoms with Crippen molar-refractivity contribution in [1.29, 1.82) is 0 Å². The Morgan fingerprint density at radius 2 is 1.41 bits per heavy atom. The van der Waals surface area contributed by atoms with Crippen molar-refractivity contribution >= 4 is 23.1 Å². The number of aliphatic carboxylic acids is 1. The van der Waals surface area contributed by atoms with Crippen LogP contribution in [0.25, 0.3) is 0 Å². The summed E-state index contributed by atoms with van der Waals surface area (Å²) in [4.78, 5) is 16.0. The summed E-state index contributed by atoms with van der Waals surface area (Å²) in [6.45, 7) is 15.6. The van der Waals surface area contributed by atoms with E-state index in [1.807, 2.05) is 7.05 Å². The van der Waals surface area contributed by atoms with Crippen molar-refractivity contribution < 1.29 is 19.6 Å². The highest BCUT2D eigenvalue weighted by molar-refractivity contribution is 6.10. The average molecular weight is 555 g/mol. The summed E-state index contributed by atoms with van der Waals surface area (Å²) >= 11 is 0. The molecule has 2 aromatic rings. The van der Waals surface area contributed by atoms with Gasteiger partial charge in [0.05, 0.1) is 12.0 Å². The number of aliphatic hydroxyl groups excluding tert-OH is 1. The van der Waals surface area contributed by atoms with Crippen LogP contribution in [0.1, 0.15) is 65.5 Å². The number of hydrogen-bond donors (Lipinski definition) is 2. The Morgan fingerprint density at radius 3 is 1.95 bits per heavy atom. The van der Waals surface area contributed by atoms with Gasteiger partial charge in [0, 0.05) is 53.1 Å². The van der Waals surface area contributed by atoms with E-state index in [0.717, 1.165) is 30.1 Å². The van der Waals surface area contributed by atoms with E-state index in [1.54, 1.807) is 0 Å². The first-order chi connectivity index (χ1) is 19.4. The van der Waals surface area contributed by atoms with E-state index in [-0.39, 0.29) is 23.2 Å². The van der Waals surface area contributed by atoms with Gasteiger partial charge >= 0.3 is 5.97 Å². The number of hydrogen-bond acceptors (Lipinski definition) is 4. The number of benzene rings is 2. The predicted octanol–water partition coefficient (Wildman–Crippen LogP) is 6.78. The van der Waals surface area contributed by atoms with Crippen molar-refractivity contribution in [3.63, 3.8) is 0 Å². The third-order valence-corrected chi connectivity index (χ3v) is 9.27. The number of carboxylic acid groups (broad SMARTS) is 1. The molecule has 1 aliphatic carbocycles. The molecule has 3 aliphatic rings. The van der Waals surface area contributed by atoms with E-state index in [2.05, 4.69) is 117 Å². The van der Waals surface area contributed by atoms with Crippen LogP contribution in [0.2, 0.25) is 0 Å². The fourth-order valence-corrected chi connectivity index (χ4v) is 7.07. The highest BCUT2D eigenvalue weighted by atomic mass is 16.4. The molecule has 6 nitrogen and oxygen atoms in total. The Kier molecular flexibility index (Phi) is 7.39. The van der Waals surface area contributed by atoms with Gasteiger partial charge in [0.15, 0.2) is 0 Å². The highest BCUT2D eigenvalue weighted by Gasteiger charge is 2.47. The molecule has 0 bridgehead atoms. The molecule has 2 heterocycles. The fraction of sp³-hybridized carbons (Fsp3) is 0.429. The first kappa shape index (κ1) is 28.7. The zero-order valence-electron chi connectivity index (χ0n) is 25.5. The number of anilines is 2. The summed E-state index contributed by atoms with van der Waals surface area (Å²) < 4.78 is 2.15. The van der Waals surface area contributed by atoms with Gasteiger partial charge in [-0.3, -0.25) is 4.79 Å². The number of allylic oxidation sites excluding steroid dienone is 5. The lowest BCUT2D eigenvalue weighted by Gasteiger charge is -2.33. The number of carboxylic acids is 1. The zero-order valence-corrected chi connectivity index (χ0v) is 25.5. The Morgan fingerprint density at radius 1 is 0.902 bits per heavy atom. The van der Waals surface area contributed by atoms with Crippen LogP contribution >= 0.6 is 0 Å². The molecule has 6 heteroatoms. The predicted molar refractivity (Wildman–Crippen MR) is 167 cm³/mol. The Labute approximate surface area is 244 Å². The van der Waals surface area contributed by atoms with Crippen LogP contribution in [0.15, 0.2) is 83.4 Å². The maximum absolute atomic E-state index is 11.7. The lowest BCUT2D eigenvalue weighted by Crippen LogP contribution is -2.39. The minimum absolute atomic E-state index is 0.118. The van der Waals surface area contributed by atoms with Gasteiger partial charge in [0.25, 0.3) is 0 Å². The molecule has 41 heavy (non-hydrogen) atoms. The molecule has 0 spiro atoms. The van der Waals surface area contributed by atoms with Gasteiger partial charge in [-0.15, -0.1) is 0 Å². The van der Waals surface area contributed by atoms with E-state index in [1.165, 1.54) is 28.2 Å². The van der Waals surface area contributed by atoms with Gasteiger partial charge < -0.3 is 20.0 Å². The molecular weight excluding hydrogens is 510 g/mol. The monoisotopic (exact) mass is 554 g/mol. The summed E-state index contributed by atoms with van der Waals surface area (Å²) in [7, 11) is 2.02. The van der Waals surface area contributed by atoms with Crippen molar-refractivity contribution in [3.8, 4) is 0 Å². The van der Waals surface area contributed by atoms with Crippen molar-refractivity contribution in [1.82, 2.24) is 0 Å². The number of para-hydroxylation sites is 2. The second kappa shape index (κ2) is 10.6. The van der Waals surface area contributed by atoms with E-state index >= 15 is 0 Å². The molecule has 2 aromatic carbocycles. The van der Waals surface area contributed by atoms with Crippen molar-refractivity contribution in [2.75, 3.05) is 36.5 Å². The van der Waals surface area contributed by atoms with Crippen LogP contribution in [-0.2, 0) is 15.6 Å². The Hall–Kier alpha value is -3.80. The largest absolute Gasteiger partial charge is 0.510 e. The number of carbonyl (C=O) groups is 1. The Balaban J connectivity index is 1.63. The third kappa shape index (κ3) is 4.58. The van der Waals surface area contributed by atoms with E-state index in [4.69, 9.17) is 0 Å². The minimum atomic E-state index is -0.787. The molecule has 1 atom stereocenters. The van der Waals surface area contributed by atoms with Crippen LogP contribution in [0.4, 0.5) is 11.4 Å². The molecule has 1 unspecified atom stereocenters. The topological polar surface area (TPSA) is 67.0 Å². The molecule has 2 N–H and O–H groups in total. The van der Waals surface area contributed by atoms with Crippen LogP contribution in [0.5, 0.6) is 0 Å². The van der Waals surface area contributed by atoms with Crippen LogP contribution in [-0.4, -0.2) is 53.2 Å². The maximum atomic E-state index is 11.7. The average Bonchev–Trinajstić information content (AvgIpc) is 3.29. The van der Waals surface area contributed by atoms with Gasteiger partial charge in [-0.05, 0) is 49.3 Å². The molecule has 2 aliphatic heterocycles. The summed E-state index contributed by atoms with van der Waals surface area (Å²) in [6.07, 6.45) is 5.06. The minimum Gasteiger partial charge on any atom is -0.510 e. The van der Waals surface area contributed by atoms with Crippen molar-refractivity contribution in [2.24, 2.45) is 5.92 Å². The second-order valence-electron chi connectivity index (χ2n) is 12.4. The SMILES string of the molecule is CCN1C(=CC2C(O)=C(/C=C3\N(CC)c4ccccc4C3(C)C)C2=[N+](C)CCCC(=O)O)C(C)(C)c2ccccc21. The van der Waals surface area contributed by atoms with Crippen LogP contribution < -0.4 is 9.80 Å². The lowest BCUT2D eigenvalue weighted by molar-refractivity contribution is -0.500. The molecule has 0 aromatic heterocycles. The smallest absolute Gasteiger partial charge is 0.303 e. The van der Waals surface area contributed by atoms with Crippen molar-refractivity contribution in [2.45, 2.75) is 65.2 Å². The molecule has 0 saturated heterocycles. The number of aliphatic hydroxyl groups is 1. The summed E-state index contributed by atoms with van der Waals surface area (Å²) in [5, 5.41) is 21.0. The second-order valence-corrected chi connectivity index (χ2v) is 12.4. The van der Waals surface area contributed by atoms with E-state index < -0.39 is 5.97 Å². The van der Waals surface area contributed by atoms with Crippen LogP contribution in [0, 0.1) is 5.92 Å². The van der Waals surface area contributed by atoms with Crippen LogP contribution in [0.3, 0.4) is 0 Å². The summed E-state index contributed by atoms with van der Waals surface area (Å²) in [5.74, 6) is -0.684. The number of likely N-dealkylation sites (N-methyl/N-ethyl adjacent to an activating group) is 2. The Bertz CT molecular complexity index is 1510. The quantitative estimate of drug-likeness (QED) is 0.352. The summed E-state index contributed by atoms with van der Waals surface area (Å²) in [5.41, 5.74) is 8.81. The first-order valence-corrected chi connectivity index (χ1v) is 14.9. The molecule has 0 fully saturated rings. The zero-order chi connectivity index (χ0) is 29.7. The molecule has 216 valence electrons. The maximum Gasteiger partial charge on any atom is 0.303 e. The standard InChI is InChI=1S/C35H43N3O3/c1-8-37-27-17-12-10-15-25(27)34(3,4)29(37)21-23-32(36(7)20-14-19-31(39)40)24(33(23)41)22-30-35(5,6)26-16-11-13-18-28(26)38(30)9-2/h10-13,15-18,21-23H,8-9,14,19-20H2,1-7H3,(H,39,40)/p+1/b29-21?,30-22-. The van der Waals surface area contributed by atoms with Crippen molar-refractivity contribution in [3.05, 3.63) is 94.5 Å². The molecular formula is C35H44N3O3+. The van der Waals surface area contributed by atoms with E-state index in [0.29, 0.717) is 18.7 Å². The molecule has 0 radical (unpaired) electrons. The van der Waals surface area contributed by atoms with Gasteiger partial charge in [0.1, 0.15) is 25.3 Å². The lowest BCUT2D eigenvalue weighted by atomic mass is 9.75. The van der Waals surface area contributed by atoms with E-state index in [9.17, 15) is 15.0 Å². The van der Waals surface area contributed by atoms with Gasteiger partial charge in [-0.25, -0.2) is 4.58 Å². The third-order valence-electron chi connectivity index (χ3n) is 9.27. The number of nitrogens with zero attached hydrogens (tertiary/aromatic N) is 3. The molecule has 0 saturated carbocycles. The number of fused-ring (bicyclic) bond motifs is 2. The first-order valence-electron chi connectivity index (χ1n) is 14.9. The fourth-order valence-electron chi connectivity index (χ4n) is 7.07. The van der Waals surface area contributed by atoms with Gasteiger partial charge in [0.2, 0.25) is 5.71 Å². The molecule has 0 amide bonds. The summed E-state index contributed by atoms with van der Waals surface area (Å²) in [6, 6.07) is 17.1. The number of rotatable bonds is 8.